The van der Waals surface area contributed by atoms with Crippen molar-refractivity contribution in [3.63, 3.8) is 0 Å². The van der Waals surface area contributed by atoms with Gasteiger partial charge in [-0.2, -0.15) is 0 Å². The fraction of sp³-hybridized carbons (Fsp3) is 0.462. The molecular formula is C13H18N2O. The van der Waals surface area contributed by atoms with E-state index in [0.717, 1.165) is 25.2 Å². The first kappa shape index (κ1) is 11.1. The van der Waals surface area contributed by atoms with Crippen LogP contribution in [0.5, 0.6) is 0 Å². The molecule has 0 aliphatic carbocycles. The summed E-state index contributed by atoms with van der Waals surface area (Å²) >= 11 is 0. The summed E-state index contributed by atoms with van der Waals surface area (Å²) in [6.45, 7) is 6.02. The first-order chi connectivity index (χ1) is 7.79. The van der Waals surface area contributed by atoms with Crippen LogP contribution in [0.15, 0.2) is 29.4 Å². The molecule has 3 nitrogen and oxygen atoms in total. The highest BCUT2D eigenvalue weighted by Crippen LogP contribution is 2.16. The fourth-order valence-corrected chi connectivity index (χ4v) is 1.76. The van der Waals surface area contributed by atoms with Gasteiger partial charge in [0.2, 0.25) is 0 Å². The predicted molar refractivity (Wildman–Crippen MR) is 65.7 cm³/mol. The van der Waals surface area contributed by atoms with Gasteiger partial charge in [-0.3, -0.25) is 0 Å². The topological polar surface area (TPSA) is 33.6 Å². The van der Waals surface area contributed by atoms with E-state index in [4.69, 9.17) is 4.84 Å². The lowest BCUT2D eigenvalue weighted by Crippen LogP contribution is -2.26. The number of oxime groups is 1. The average Bonchev–Trinajstić information content (AvgIpc) is 2.76. The Kier molecular flexibility index (Phi) is 3.57. The summed E-state index contributed by atoms with van der Waals surface area (Å²) in [5, 5.41) is 7.42. The molecule has 1 aliphatic heterocycles. The number of rotatable bonds is 4. The van der Waals surface area contributed by atoms with Crippen molar-refractivity contribution >= 4 is 5.71 Å². The van der Waals surface area contributed by atoms with Gasteiger partial charge in [0.15, 0.2) is 0 Å². The summed E-state index contributed by atoms with van der Waals surface area (Å²) in [4.78, 5) is 5.38. The minimum atomic E-state index is 0.191. The van der Waals surface area contributed by atoms with Gasteiger partial charge in [0, 0.05) is 13.0 Å². The molecule has 0 radical (unpaired) electrons. The summed E-state index contributed by atoms with van der Waals surface area (Å²) in [6.07, 6.45) is 1.09. The zero-order valence-electron chi connectivity index (χ0n) is 9.86. The Bertz CT molecular complexity index is 370. The van der Waals surface area contributed by atoms with E-state index < -0.39 is 0 Å². The van der Waals surface area contributed by atoms with Crippen molar-refractivity contribution in [2.45, 2.75) is 26.4 Å². The van der Waals surface area contributed by atoms with Gasteiger partial charge in [0.25, 0.3) is 0 Å². The first-order valence-electron chi connectivity index (χ1n) is 5.80. The third-order valence-electron chi connectivity index (χ3n) is 2.74. The number of hydrogen-bond acceptors (Lipinski definition) is 3. The highest BCUT2D eigenvalue weighted by molar-refractivity contribution is 6.01. The molecule has 0 aromatic heterocycles. The van der Waals surface area contributed by atoms with Crippen LogP contribution in [0, 0.1) is 6.92 Å². The standard InChI is InChI=1S/C13H18N2O/c1-3-14-9-12-8-13(15-16-12)11-6-4-10(2)5-7-11/h4-7,12,14H,3,8-9H2,1-2H3/t12-/m1/s1. The van der Waals surface area contributed by atoms with Crippen molar-refractivity contribution in [3.05, 3.63) is 35.4 Å². The van der Waals surface area contributed by atoms with E-state index in [0.29, 0.717) is 0 Å². The van der Waals surface area contributed by atoms with Crippen molar-refractivity contribution in [2.75, 3.05) is 13.1 Å². The van der Waals surface area contributed by atoms with Crippen LogP contribution < -0.4 is 5.32 Å². The van der Waals surface area contributed by atoms with Crippen LogP contribution in [0.25, 0.3) is 0 Å². The Morgan fingerprint density at radius 3 is 2.81 bits per heavy atom. The summed E-state index contributed by atoms with van der Waals surface area (Å²) in [7, 11) is 0. The number of benzene rings is 1. The van der Waals surface area contributed by atoms with Crippen LogP contribution in [0.2, 0.25) is 0 Å². The van der Waals surface area contributed by atoms with Gasteiger partial charge in [-0.1, -0.05) is 41.9 Å². The van der Waals surface area contributed by atoms with Crippen LogP contribution in [0.3, 0.4) is 0 Å². The largest absolute Gasteiger partial charge is 0.390 e. The van der Waals surface area contributed by atoms with Gasteiger partial charge in [-0.05, 0) is 19.0 Å². The molecular weight excluding hydrogens is 200 g/mol. The Labute approximate surface area is 96.5 Å². The van der Waals surface area contributed by atoms with Gasteiger partial charge >= 0.3 is 0 Å². The van der Waals surface area contributed by atoms with Crippen LogP contribution in [-0.2, 0) is 4.84 Å². The Morgan fingerprint density at radius 1 is 1.38 bits per heavy atom. The van der Waals surface area contributed by atoms with Gasteiger partial charge in [-0.25, -0.2) is 0 Å². The van der Waals surface area contributed by atoms with E-state index in [1.807, 2.05) is 0 Å². The van der Waals surface area contributed by atoms with Crippen molar-refractivity contribution in [3.8, 4) is 0 Å². The second kappa shape index (κ2) is 5.12. The Balaban J connectivity index is 1.95. The lowest BCUT2D eigenvalue weighted by atomic mass is 10.0. The third-order valence-corrected chi connectivity index (χ3v) is 2.74. The summed E-state index contributed by atoms with van der Waals surface area (Å²) in [6, 6.07) is 8.42. The van der Waals surface area contributed by atoms with Crippen molar-refractivity contribution < 1.29 is 4.84 Å². The Hall–Kier alpha value is -1.35. The smallest absolute Gasteiger partial charge is 0.145 e. The maximum atomic E-state index is 5.38. The normalized spacial score (nSPS) is 19.4. The zero-order chi connectivity index (χ0) is 11.4. The fourth-order valence-electron chi connectivity index (χ4n) is 1.76. The molecule has 0 saturated heterocycles. The van der Waals surface area contributed by atoms with Crippen molar-refractivity contribution in [2.24, 2.45) is 5.16 Å². The molecule has 0 unspecified atom stereocenters. The molecule has 3 heteroatoms. The SMILES string of the molecule is CCNC[C@H]1CC(c2ccc(C)cc2)=NO1. The second-order valence-electron chi connectivity index (χ2n) is 4.14. The number of nitrogens with zero attached hydrogens (tertiary/aromatic N) is 1. The van der Waals surface area contributed by atoms with E-state index in [1.165, 1.54) is 11.1 Å². The van der Waals surface area contributed by atoms with Crippen LogP contribution in [0.4, 0.5) is 0 Å². The number of hydrogen-bond donors (Lipinski definition) is 1. The van der Waals surface area contributed by atoms with E-state index in [1.54, 1.807) is 0 Å². The number of nitrogens with one attached hydrogen (secondary N) is 1. The summed E-state index contributed by atoms with van der Waals surface area (Å²) in [5.74, 6) is 0. The van der Waals surface area contributed by atoms with Gasteiger partial charge in [-0.15, -0.1) is 0 Å². The lowest BCUT2D eigenvalue weighted by molar-refractivity contribution is 0.0855. The van der Waals surface area contributed by atoms with Gasteiger partial charge < -0.3 is 10.2 Å². The molecule has 2 rings (SSSR count). The monoisotopic (exact) mass is 218 g/mol. The van der Waals surface area contributed by atoms with Crippen molar-refractivity contribution in [1.82, 2.24) is 5.32 Å². The molecule has 0 bridgehead atoms. The zero-order valence-corrected chi connectivity index (χ0v) is 9.86. The minimum absolute atomic E-state index is 0.191. The molecule has 86 valence electrons. The third kappa shape index (κ3) is 2.61. The van der Waals surface area contributed by atoms with Crippen LogP contribution in [0.1, 0.15) is 24.5 Å². The Morgan fingerprint density at radius 2 is 2.12 bits per heavy atom. The van der Waals surface area contributed by atoms with E-state index >= 15 is 0 Å². The molecule has 16 heavy (non-hydrogen) atoms. The number of likely N-dealkylation sites (N-methyl/N-ethyl adjacent to an activating group) is 1. The minimum Gasteiger partial charge on any atom is -0.390 e. The van der Waals surface area contributed by atoms with E-state index in [9.17, 15) is 0 Å². The van der Waals surface area contributed by atoms with Gasteiger partial charge in [0.05, 0.1) is 5.71 Å². The average molecular weight is 218 g/mol. The van der Waals surface area contributed by atoms with E-state index in [2.05, 4.69) is 48.6 Å². The first-order valence-corrected chi connectivity index (χ1v) is 5.80. The second-order valence-corrected chi connectivity index (χ2v) is 4.14. The van der Waals surface area contributed by atoms with E-state index in [-0.39, 0.29) is 6.10 Å². The van der Waals surface area contributed by atoms with Crippen molar-refractivity contribution in [1.29, 1.82) is 0 Å². The van der Waals surface area contributed by atoms with Crippen LogP contribution >= 0.6 is 0 Å². The molecule has 1 aromatic rings. The highest BCUT2D eigenvalue weighted by atomic mass is 16.6. The highest BCUT2D eigenvalue weighted by Gasteiger charge is 2.21. The molecule has 0 spiro atoms. The summed E-state index contributed by atoms with van der Waals surface area (Å²) < 4.78 is 0. The molecule has 1 N–H and O–H groups in total. The molecule has 1 heterocycles. The molecule has 0 saturated carbocycles. The number of aryl methyl sites for hydroxylation is 1. The maximum Gasteiger partial charge on any atom is 0.145 e. The summed E-state index contributed by atoms with van der Waals surface area (Å²) in [5.41, 5.74) is 3.50. The molecule has 1 aliphatic rings. The maximum absolute atomic E-state index is 5.38. The molecule has 0 amide bonds. The quantitative estimate of drug-likeness (QED) is 0.839. The van der Waals surface area contributed by atoms with Crippen LogP contribution in [-0.4, -0.2) is 24.9 Å². The molecule has 1 aromatic carbocycles. The molecule has 0 fully saturated rings. The predicted octanol–water partition coefficient (Wildman–Crippen LogP) is 2.10. The van der Waals surface area contributed by atoms with Gasteiger partial charge in [0.1, 0.15) is 6.10 Å². The lowest BCUT2D eigenvalue weighted by Gasteiger charge is -2.07. The molecule has 1 atom stereocenters.